The summed E-state index contributed by atoms with van der Waals surface area (Å²) in [5, 5.41) is 2.67. The maximum absolute atomic E-state index is 12.9. The topological polar surface area (TPSA) is 111 Å². The van der Waals surface area contributed by atoms with Crippen molar-refractivity contribution < 1.29 is 33.4 Å². The molecule has 1 unspecified atom stereocenters. The summed E-state index contributed by atoms with van der Waals surface area (Å²) in [4.78, 5) is 51.4. The molecule has 3 rings (SSSR count). The first-order valence-electron chi connectivity index (χ1n) is 11.1. The summed E-state index contributed by atoms with van der Waals surface area (Å²) in [6.07, 6.45) is 0.260. The molecule has 0 saturated carbocycles. The molecule has 10 heteroatoms. The number of fused-ring (bicyclic) bond motifs is 1. The van der Waals surface area contributed by atoms with Crippen LogP contribution in [-0.2, 0) is 30.4 Å². The molecule has 0 radical (unpaired) electrons. The highest BCUT2D eigenvalue weighted by Crippen LogP contribution is 2.36. The Hall–Kier alpha value is -3.53. The molecule has 0 aliphatic carbocycles. The van der Waals surface area contributed by atoms with Crippen LogP contribution < -0.4 is 10.2 Å². The Morgan fingerprint density at radius 2 is 1.83 bits per heavy atom. The van der Waals surface area contributed by atoms with Crippen LogP contribution in [0.4, 0.5) is 10.5 Å². The highest BCUT2D eigenvalue weighted by molar-refractivity contribution is 7.99. The predicted molar refractivity (Wildman–Crippen MR) is 130 cm³/mol. The van der Waals surface area contributed by atoms with E-state index in [-0.39, 0.29) is 19.4 Å². The van der Waals surface area contributed by atoms with Crippen LogP contribution in [0, 0.1) is 0 Å². The quantitative estimate of drug-likeness (QED) is 0.411. The first-order chi connectivity index (χ1) is 16.9. The first-order valence-corrected chi connectivity index (χ1v) is 12.1. The van der Waals surface area contributed by atoms with Crippen LogP contribution in [0.5, 0.6) is 0 Å². The fourth-order valence-electron chi connectivity index (χ4n) is 3.53. The number of anilines is 1. The Labute approximate surface area is 208 Å². The van der Waals surface area contributed by atoms with Gasteiger partial charge in [0.2, 0.25) is 0 Å². The lowest BCUT2D eigenvalue weighted by Crippen LogP contribution is -2.41. The number of methoxy groups -OCH3 is 2. The Bertz CT molecular complexity index is 1060. The standard InChI is InChI=1S/C25H28N2O7S/c1-32-22(28)10-6-9-19(24(30)33-2)26-23(29)18-11-12-20-21(15-18)35-14-13-27(20)25(31)34-16-17-7-4-3-5-8-17/h3-5,7-8,11-12,15,19H,6,9-10,13-14,16H2,1-2H3,(H,26,29). The number of nitrogens with one attached hydrogen (secondary N) is 1. The number of benzene rings is 2. The van der Waals surface area contributed by atoms with Gasteiger partial charge in [-0.05, 0) is 36.6 Å². The van der Waals surface area contributed by atoms with Crippen LogP contribution in [0.15, 0.2) is 53.4 Å². The second-order valence-corrected chi connectivity index (χ2v) is 8.88. The van der Waals surface area contributed by atoms with E-state index in [1.807, 2.05) is 30.3 Å². The lowest BCUT2D eigenvalue weighted by atomic mass is 10.1. The molecule has 1 heterocycles. The number of amides is 2. The molecule has 2 aromatic rings. The number of ether oxygens (including phenoxy) is 3. The van der Waals surface area contributed by atoms with Crippen molar-refractivity contribution in [2.24, 2.45) is 0 Å². The third-order valence-electron chi connectivity index (χ3n) is 5.40. The normalized spacial score (nSPS) is 13.3. The molecule has 0 saturated heterocycles. The third kappa shape index (κ3) is 7.22. The number of esters is 2. The van der Waals surface area contributed by atoms with E-state index in [9.17, 15) is 19.2 Å². The monoisotopic (exact) mass is 500 g/mol. The van der Waals surface area contributed by atoms with Gasteiger partial charge in [-0.15, -0.1) is 11.8 Å². The number of carbonyl (C=O) groups excluding carboxylic acids is 4. The van der Waals surface area contributed by atoms with Crippen LogP contribution in [0.25, 0.3) is 0 Å². The summed E-state index contributed by atoms with van der Waals surface area (Å²) in [7, 11) is 2.53. The minimum absolute atomic E-state index is 0.131. The number of rotatable bonds is 9. The summed E-state index contributed by atoms with van der Waals surface area (Å²) < 4.78 is 14.9. The molecule has 1 aliphatic rings. The maximum Gasteiger partial charge on any atom is 0.414 e. The molecule has 35 heavy (non-hydrogen) atoms. The van der Waals surface area contributed by atoms with Gasteiger partial charge in [-0.25, -0.2) is 9.59 Å². The maximum atomic E-state index is 12.9. The largest absolute Gasteiger partial charge is 0.469 e. The van der Waals surface area contributed by atoms with Gasteiger partial charge in [-0.3, -0.25) is 14.5 Å². The van der Waals surface area contributed by atoms with E-state index in [1.165, 1.54) is 26.0 Å². The van der Waals surface area contributed by atoms with Crippen molar-refractivity contribution in [3.63, 3.8) is 0 Å². The van der Waals surface area contributed by atoms with E-state index >= 15 is 0 Å². The lowest BCUT2D eigenvalue weighted by molar-refractivity contribution is -0.144. The van der Waals surface area contributed by atoms with Gasteiger partial charge in [0.05, 0.1) is 19.9 Å². The Morgan fingerprint density at radius 3 is 2.54 bits per heavy atom. The minimum atomic E-state index is -0.898. The number of hydrogen-bond donors (Lipinski definition) is 1. The number of carbonyl (C=O) groups is 4. The van der Waals surface area contributed by atoms with Gasteiger partial charge in [0.1, 0.15) is 12.6 Å². The lowest BCUT2D eigenvalue weighted by Gasteiger charge is -2.28. The Balaban J connectivity index is 1.65. The summed E-state index contributed by atoms with van der Waals surface area (Å²) in [6.45, 7) is 0.658. The van der Waals surface area contributed by atoms with E-state index in [0.717, 1.165) is 10.5 Å². The van der Waals surface area contributed by atoms with Crippen LogP contribution in [0.2, 0.25) is 0 Å². The highest BCUT2D eigenvalue weighted by atomic mass is 32.2. The van der Waals surface area contributed by atoms with Crippen LogP contribution in [0.3, 0.4) is 0 Å². The molecule has 2 amide bonds. The average Bonchev–Trinajstić information content (AvgIpc) is 2.90. The Kier molecular flexibility index (Phi) is 9.54. The van der Waals surface area contributed by atoms with Crippen molar-refractivity contribution in [1.29, 1.82) is 0 Å². The molecule has 9 nitrogen and oxygen atoms in total. The van der Waals surface area contributed by atoms with Gasteiger partial charge in [-0.1, -0.05) is 30.3 Å². The fourth-order valence-corrected chi connectivity index (χ4v) is 4.56. The van der Waals surface area contributed by atoms with Crippen LogP contribution >= 0.6 is 11.8 Å². The molecule has 2 aromatic carbocycles. The molecule has 186 valence electrons. The highest BCUT2D eigenvalue weighted by Gasteiger charge is 2.27. The van der Waals surface area contributed by atoms with Gasteiger partial charge in [-0.2, -0.15) is 0 Å². The van der Waals surface area contributed by atoms with Crippen molar-refractivity contribution in [3.05, 3.63) is 59.7 Å². The number of thioether (sulfide) groups is 1. The van der Waals surface area contributed by atoms with Gasteiger partial charge >= 0.3 is 18.0 Å². The molecule has 1 aliphatic heterocycles. The van der Waals surface area contributed by atoms with Crippen molar-refractivity contribution in [2.45, 2.75) is 36.8 Å². The molecule has 0 bridgehead atoms. The number of nitrogens with zero attached hydrogens (tertiary/aromatic N) is 1. The smallest absolute Gasteiger partial charge is 0.414 e. The van der Waals surface area contributed by atoms with E-state index in [4.69, 9.17) is 9.47 Å². The average molecular weight is 501 g/mol. The summed E-state index contributed by atoms with van der Waals surface area (Å²) in [5.74, 6) is -0.788. The first kappa shape index (κ1) is 26.1. The zero-order chi connectivity index (χ0) is 25.2. The molecule has 1 atom stereocenters. The second kappa shape index (κ2) is 12.8. The zero-order valence-electron chi connectivity index (χ0n) is 19.7. The zero-order valence-corrected chi connectivity index (χ0v) is 20.5. The molecule has 0 fully saturated rings. The van der Waals surface area contributed by atoms with Gasteiger partial charge in [0, 0.05) is 29.2 Å². The summed E-state index contributed by atoms with van der Waals surface area (Å²) >= 11 is 1.53. The molecular formula is C25H28N2O7S. The minimum Gasteiger partial charge on any atom is -0.469 e. The second-order valence-electron chi connectivity index (χ2n) is 7.74. The van der Waals surface area contributed by atoms with Crippen LogP contribution in [0.1, 0.15) is 35.2 Å². The predicted octanol–water partition coefficient (Wildman–Crippen LogP) is 3.55. The van der Waals surface area contributed by atoms with Gasteiger partial charge < -0.3 is 19.5 Å². The molecule has 0 spiro atoms. The van der Waals surface area contributed by atoms with E-state index in [0.29, 0.717) is 30.0 Å². The van der Waals surface area contributed by atoms with Crippen molar-refractivity contribution >= 4 is 41.4 Å². The van der Waals surface area contributed by atoms with Gasteiger partial charge in [0.15, 0.2) is 0 Å². The molecule has 0 aromatic heterocycles. The summed E-state index contributed by atoms with van der Waals surface area (Å²) in [6, 6.07) is 13.5. The fraction of sp³-hybridized carbons (Fsp3) is 0.360. The summed E-state index contributed by atoms with van der Waals surface area (Å²) in [5.41, 5.74) is 1.90. The number of hydrogen-bond acceptors (Lipinski definition) is 8. The van der Waals surface area contributed by atoms with Gasteiger partial charge in [0.25, 0.3) is 5.91 Å². The van der Waals surface area contributed by atoms with Crippen molar-refractivity contribution in [1.82, 2.24) is 5.32 Å². The van der Waals surface area contributed by atoms with E-state index in [1.54, 1.807) is 23.1 Å². The van der Waals surface area contributed by atoms with Crippen molar-refractivity contribution in [2.75, 3.05) is 31.4 Å². The third-order valence-corrected chi connectivity index (χ3v) is 6.43. The Morgan fingerprint density at radius 1 is 1.06 bits per heavy atom. The SMILES string of the molecule is COC(=O)CCCC(NC(=O)c1ccc2c(c1)SCCN2C(=O)OCc1ccccc1)C(=O)OC. The molecule has 1 N–H and O–H groups in total. The molecular weight excluding hydrogens is 472 g/mol. The van der Waals surface area contributed by atoms with Crippen LogP contribution in [-0.4, -0.2) is 56.5 Å². The van der Waals surface area contributed by atoms with E-state index in [2.05, 4.69) is 10.1 Å². The van der Waals surface area contributed by atoms with Crippen molar-refractivity contribution in [3.8, 4) is 0 Å². The van der Waals surface area contributed by atoms with E-state index < -0.39 is 30.0 Å².